The van der Waals surface area contributed by atoms with Crippen LogP contribution in [0.3, 0.4) is 0 Å². The van der Waals surface area contributed by atoms with Gasteiger partial charge < -0.3 is 30.3 Å². The molecular weight excluding hydrogens is 612 g/mol. The van der Waals surface area contributed by atoms with E-state index in [-0.39, 0.29) is 44.2 Å². The third-order valence-electron chi connectivity index (χ3n) is 7.21. The predicted molar refractivity (Wildman–Crippen MR) is 152 cm³/mol. The summed E-state index contributed by atoms with van der Waals surface area (Å²) in [4.78, 5) is 58.8. The Morgan fingerprint density at radius 3 is 1.48 bits per heavy atom. The molecule has 0 radical (unpaired) electrons. The number of hydrogen-bond donors (Lipinski definition) is 8. The number of nitrogens with one attached hydrogen (secondary N) is 3. The molecule has 0 amide bonds. The summed E-state index contributed by atoms with van der Waals surface area (Å²) in [5.74, 6) is -8.12. The molecule has 1 rings (SSSR count). The zero-order chi connectivity index (χ0) is 32.8. The molecule has 1 aromatic carbocycles. The Balaban J connectivity index is 0.0000185. The predicted octanol–water partition coefficient (Wildman–Crippen LogP) is 3.18. The standard InChI is InChI=1S/C26H36N6O11.Ca.2H/c1-2-43-18-5-3-16(4-6-18)9-17(26(32-29,14-22(39)40)15-23(41)42)10-24(30-27,11-19(33)34)7-8-25(31-28,12-20(35)36)13-21(37)38;;;/h3-6,17,27-29H,2,7-15H2,1H3,(H,33,34)(H,35,36)(H,37,38)(H,39,40)(H,41,42);;;. The van der Waals surface area contributed by atoms with Gasteiger partial charge in [-0.3, -0.25) is 24.0 Å². The average Bonchev–Trinajstić information content (AvgIpc) is 2.90. The summed E-state index contributed by atoms with van der Waals surface area (Å²) in [7, 11) is 0. The van der Waals surface area contributed by atoms with Crippen LogP contribution in [0.5, 0.6) is 5.75 Å². The van der Waals surface area contributed by atoms with Gasteiger partial charge in [-0.1, -0.05) is 12.1 Å². The molecule has 18 heteroatoms. The summed E-state index contributed by atoms with van der Waals surface area (Å²) in [5.41, 5.74) is 17.8. The van der Waals surface area contributed by atoms with E-state index in [2.05, 4.69) is 15.3 Å². The quantitative estimate of drug-likeness (QED) is 0.0628. The van der Waals surface area contributed by atoms with Gasteiger partial charge in [-0.2, -0.15) is 15.3 Å². The van der Waals surface area contributed by atoms with Crippen molar-refractivity contribution in [2.75, 3.05) is 6.61 Å². The third kappa shape index (κ3) is 12.6. The summed E-state index contributed by atoms with van der Waals surface area (Å²) in [6.45, 7) is 2.15. The van der Waals surface area contributed by atoms with Crippen LogP contribution in [-0.2, 0) is 30.4 Å². The molecule has 0 bridgehead atoms. The second kappa shape index (κ2) is 18.3. The van der Waals surface area contributed by atoms with Crippen LogP contribution in [-0.4, -0.2) is 116 Å². The molecule has 0 saturated heterocycles. The molecule has 1 aromatic rings. The van der Waals surface area contributed by atoms with Gasteiger partial charge in [-0.15, -0.1) is 0 Å². The Hall–Kier alpha value is -3.57. The van der Waals surface area contributed by atoms with Crippen LogP contribution in [0.15, 0.2) is 39.6 Å². The molecule has 240 valence electrons. The summed E-state index contributed by atoms with van der Waals surface area (Å²) >= 11 is 0. The van der Waals surface area contributed by atoms with Gasteiger partial charge in [-0.25, -0.2) is 16.6 Å². The molecule has 0 aliphatic carbocycles. The summed E-state index contributed by atoms with van der Waals surface area (Å²) < 4.78 is 5.41. The topological polar surface area (TPSA) is 304 Å². The first kappa shape index (κ1) is 40.4. The van der Waals surface area contributed by atoms with E-state index in [0.717, 1.165) is 0 Å². The molecule has 8 N–H and O–H groups in total. The van der Waals surface area contributed by atoms with E-state index >= 15 is 0 Å². The van der Waals surface area contributed by atoms with Crippen LogP contribution in [0.2, 0.25) is 0 Å². The average molecular weight is 651 g/mol. The molecule has 0 saturated carbocycles. The van der Waals surface area contributed by atoms with E-state index < -0.39 is 104 Å². The molecule has 0 heterocycles. The molecule has 0 spiro atoms. The number of ether oxygens (including phenoxy) is 1. The van der Waals surface area contributed by atoms with Gasteiger partial charge in [-0.05, 0) is 56.2 Å². The van der Waals surface area contributed by atoms with Gasteiger partial charge in [0.15, 0.2) is 0 Å². The van der Waals surface area contributed by atoms with Crippen LogP contribution in [0.25, 0.3) is 0 Å². The Morgan fingerprint density at radius 2 is 1.11 bits per heavy atom. The van der Waals surface area contributed by atoms with Crippen LogP contribution >= 0.6 is 0 Å². The Bertz CT molecular complexity index is 1180. The Kier molecular flexibility index (Phi) is 16.8. The van der Waals surface area contributed by atoms with E-state index in [0.29, 0.717) is 17.9 Å². The van der Waals surface area contributed by atoms with Gasteiger partial charge in [0, 0.05) is 0 Å². The molecule has 2 atom stereocenters. The summed E-state index contributed by atoms with van der Waals surface area (Å²) in [5, 5.41) is 58.0. The Labute approximate surface area is 281 Å². The number of rotatable bonds is 23. The normalized spacial score (nSPS) is 13.3. The van der Waals surface area contributed by atoms with E-state index in [1.54, 1.807) is 31.2 Å². The van der Waals surface area contributed by atoms with Crippen molar-refractivity contribution < 1.29 is 54.2 Å². The van der Waals surface area contributed by atoms with Crippen LogP contribution in [0.1, 0.15) is 63.9 Å². The van der Waals surface area contributed by atoms with Crippen LogP contribution in [0, 0.1) is 22.5 Å². The first-order chi connectivity index (χ1) is 20.1. The number of benzene rings is 1. The second-order valence-corrected chi connectivity index (χ2v) is 10.4. The number of nitrogens with zero attached hydrogens (tertiary/aromatic N) is 3. The second-order valence-electron chi connectivity index (χ2n) is 10.4. The van der Waals surface area contributed by atoms with E-state index in [1.165, 1.54) is 0 Å². The van der Waals surface area contributed by atoms with Crippen molar-refractivity contribution in [1.29, 1.82) is 16.6 Å². The fourth-order valence-electron chi connectivity index (χ4n) is 5.22. The van der Waals surface area contributed by atoms with E-state index in [9.17, 15) is 49.5 Å². The van der Waals surface area contributed by atoms with Crippen molar-refractivity contribution in [3.8, 4) is 5.75 Å². The van der Waals surface area contributed by atoms with Crippen molar-refractivity contribution in [2.45, 2.75) is 81.3 Å². The Morgan fingerprint density at radius 1 is 0.705 bits per heavy atom. The fourth-order valence-corrected chi connectivity index (χ4v) is 5.22. The maximum atomic E-state index is 12.0. The minimum absolute atomic E-state index is 0. The SMILES string of the molecule is CCOc1ccc(CC(CC(CCC(CC(=O)O)(CC(=O)O)N=N)(CC(=O)O)N=N)C(CC(=O)O)(CC(=O)O)N=N)cc1.[CaH2]. The van der Waals surface area contributed by atoms with E-state index in [1.807, 2.05) is 0 Å². The molecule has 0 aliphatic rings. The molecule has 2 unspecified atom stereocenters. The third-order valence-corrected chi connectivity index (χ3v) is 7.21. The molecule has 0 aliphatic heterocycles. The van der Waals surface area contributed by atoms with Crippen LogP contribution < -0.4 is 4.74 Å². The molecular formula is C26H38CaN6O11. The maximum absolute atomic E-state index is 12.0. The van der Waals surface area contributed by atoms with Gasteiger partial charge in [0.25, 0.3) is 0 Å². The monoisotopic (exact) mass is 650 g/mol. The van der Waals surface area contributed by atoms with Crippen molar-refractivity contribution in [3.63, 3.8) is 0 Å². The van der Waals surface area contributed by atoms with Gasteiger partial charge >= 0.3 is 67.6 Å². The first-order valence-corrected chi connectivity index (χ1v) is 13.1. The molecule has 0 aromatic heterocycles. The number of carbonyl (C=O) groups is 5. The van der Waals surface area contributed by atoms with E-state index in [4.69, 9.17) is 21.3 Å². The van der Waals surface area contributed by atoms with Crippen molar-refractivity contribution in [3.05, 3.63) is 29.8 Å². The zero-order valence-corrected chi connectivity index (χ0v) is 23.5. The molecule has 0 fully saturated rings. The van der Waals surface area contributed by atoms with Gasteiger partial charge in [0.05, 0.1) is 44.2 Å². The van der Waals surface area contributed by atoms with Crippen molar-refractivity contribution >= 4 is 67.6 Å². The van der Waals surface area contributed by atoms with Crippen molar-refractivity contribution in [2.24, 2.45) is 21.3 Å². The van der Waals surface area contributed by atoms with Crippen LogP contribution in [0.4, 0.5) is 0 Å². The minimum atomic E-state index is -2.12. The summed E-state index contributed by atoms with van der Waals surface area (Å²) in [6.07, 6.45) is -6.18. The van der Waals surface area contributed by atoms with Gasteiger partial charge in [0.2, 0.25) is 0 Å². The number of hydrogen-bond acceptors (Lipinski definition) is 12. The number of carboxylic acid groups (broad SMARTS) is 5. The zero-order valence-electron chi connectivity index (χ0n) is 23.5. The van der Waals surface area contributed by atoms with Gasteiger partial charge in [0.1, 0.15) is 16.8 Å². The summed E-state index contributed by atoms with van der Waals surface area (Å²) in [6, 6.07) is 6.42. The fraction of sp³-hybridized carbons (Fsp3) is 0.577. The van der Waals surface area contributed by atoms with Crippen molar-refractivity contribution in [1.82, 2.24) is 0 Å². The number of carboxylic acids is 5. The number of aliphatic carboxylic acids is 5. The molecule has 17 nitrogen and oxygen atoms in total. The first-order valence-electron chi connectivity index (χ1n) is 13.1. The molecule has 44 heavy (non-hydrogen) atoms.